The lowest BCUT2D eigenvalue weighted by atomic mass is 10.2. The number of aromatic amines is 1. The van der Waals surface area contributed by atoms with Gasteiger partial charge in [-0.3, -0.25) is 9.36 Å². The number of nitrogens with one attached hydrogen (secondary N) is 2. The van der Waals surface area contributed by atoms with Crippen LogP contribution in [0.15, 0.2) is 61.3 Å². The number of H-pyrrole nitrogens is 1. The third-order valence-electron chi connectivity index (χ3n) is 3.86. The van der Waals surface area contributed by atoms with Gasteiger partial charge in [0.2, 0.25) is 0 Å². The van der Waals surface area contributed by atoms with Gasteiger partial charge in [0.1, 0.15) is 18.0 Å². The number of benzene rings is 1. The molecule has 7 heteroatoms. The summed E-state index contributed by atoms with van der Waals surface area (Å²) in [4.78, 5) is 28.3. The second-order valence-electron chi connectivity index (χ2n) is 5.58. The van der Waals surface area contributed by atoms with Gasteiger partial charge in [-0.1, -0.05) is 12.1 Å². The number of pyridine rings is 1. The molecule has 0 fully saturated rings. The van der Waals surface area contributed by atoms with Crippen LogP contribution in [-0.2, 0) is 6.42 Å². The number of hydrogen-bond acceptors (Lipinski definition) is 4. The number of fused-ring (bicyclic) bond motifs is 1. The third kappa shape index (κ3) is 3.25. The minimum Gasteiger partial charge on any atom is -0.352 e. The Morgan fingerprint density at radius 3 is 2.96 bits per heavy atom. The molecule has 0 radical (unpaired) electrons. The van der Waals surface area contributed by atoms with Gasteiger partial charge in [-0.2, -0.15) is 0 Å². The number of carbonyl (C=O) groups excluding carboxylic acids is 1. The number of aromatic nitrogens is 5. The predicted octanol–water partition coefficient (Wildman–Crippen LogP) is 2.12. The Hall–Kier alpha value is -3.48. The molecule has 0 unspecified atom stereocenters. The first-order valence-corrected chi connectivity index (χ1v) is 7.96. The Morgan fingerprint density at radius 2 is 2.12 bits per heavy atom. The summed E-state index contributed by atoms with van der Waals surface area (Å²) in [5.74, 6) is 1.37. The topological polar surface area (TPSA) is 88.5 Å². The summed E-state index contributed by atoms with van der Waals surface area (Å²) >= 11 is 0. The molecule has 1 amide bonds. The Kier molecular flexibility index (Phi) is 3.96. The predicted molar refractivity (Wildman–Crippen MR) is 93.5 cm³/mol. The number of amides is 1. The van der Waals surface area contributed by atoms with Gasteiger partial charge in [0.25, 0.3) is 5.91 Å². The fourth-order valence-corrected chi connectivity index (χ4v) is 2.62. The Bertz CT molecular complexity index is 972. The molecule has 4 aromatic rings. The Balaban J connectivity index is 1.39. The maximum atomic E-state index is 12.3. The van der Waals surface area contributed by atoms with Gasteiger partial charge in [-0.15, -0.1) is 0 Å². The molecule has 25 heavy (non-hydrogen) atoms. The standard InChI is InChI=1S/C18H16N6O/c25-18(13-5-7-20-17(11-13)24-10-9-19-12-24)21-8-6-16-22-14-3-1-2-4-15(14)23-16/h1-5,7,9-12H,6,8H2,(H,21,25)(H,22,23). The van der Waals surface area contributed by atoms with Gasteiger partial charge in [0.05, 0.1) is 11.0 Å². The lowest BCUT2D eigenvalue weighted by Gasteiger charge is -2.06. The van der Waals surface area contributed by atoms with E-state index < -0.39 is 0 Å². The van der Waals surface area contributed by atoms with E-state index in [9.17, 15) is 4.79 Å². The summed E-state index contributed by atoms with van der Waals surface area (Å²) in [6.07, 6.45) is 7.35. The number of hydrogen-bond donors (Lipinski definition) is 2. The summed E-state index contributed by atoms with van der Waals surface area (Å²) in [5.41, 5.74) is 2.49. The van der Waals surface area contributed by atoms with Crippen LogP contribution in [0.25, 0.3) is 16.9 Å². The van der Waals surface area contributed by atoms with E-state index in [1.54, 1.807) is 41.6 Å². The van der Waals surface area contributed by atoms with Crippen LogP contribution in [0.5, 0.6) is 0 Å². The Morgan fingerprint density at radius 1 is 1.20 bits per heavy atom. The molecule has 3 aromatic heterocycles. The maximum Gasteiger partial charge on any atom is 0.251 e. The smallest absolute Gasteiger partial charge is 0.251 e. The summed E-state index contributed by atoms with van der Waals surface area (Å²) in [6, 6.07) is 11.3. The highest BCUT2D eigenvalue weighted by Gasteiger charge is 2.08. The molecule has 0 spiro atoms. The summed E-state index contributed by atoms with van der Waals surface area (Å²) in [6.45, 7) is 0.501. The molecule has 0 aliphatic carbocycles. The highest BCUT2D eigenvalue weighted by molar-refractivity contribution is 5.94. The fourth-order valence-electron chi connectivity index (χ4n) is 2.62. The average Bonchev–Trinajstić information content (AvgIpc) is 3.31. The molecule has 1 aromatic carbocycles. The van der Waals surface area contributed by atoms with Gasteiger partial charge in [0, 0.05) is 37.1 Å². The first kappa shape index (κ1) is 15.1. The summed E-state index contributed by atoms with van der Waals surface area (Å²) in [7, 11) is 0. The normalized spacial score (nSPS) is 10.9. The number of imidazole rings is 2. The van der Waals surface area contributed by atoms with E-state index in [2.05, 4.69) is 25.3 Å². The van der Waals surface area contributed by atoms with E-state index in [1.165, 1.54) is 0 Å². The van der Waals surface area contributed by atoms with Crippen molar-refractivity contribution >= 4 is 16.9 Å². The van der Waals surface area contributed by atoms with E-state index in [0.29, 0.717) is 24.3 Å². The molecule has 0 saturated heterocycles. The van der Waals surface area contributed by atoms with Gasteiger partial charge in [0.15, 0.2) is 0 Å². The van der Waals surface area contributed by atoms with Crippen LogP contribution in [0.3, 0.4) is 0 Å². The number of para-hydroxylation sites is 2. The minimum atomic E-state index is -0.139. The van der Waals surface area contributed by atoms with Crippen molar-refractivity contribution in [1.29, 1.82) is 0 Å². The zero-order chi connectivity index (χ0) is 17.1. The average molecular weight is 332 g/mol. The van der Waals surface area contributed by atoms with E-state index in [4.69, 9.17) is 0 Å². The van der Waals surface area contributed by atoms with Crippen molar-refractivity contribution in [3.8, 4) is 5.82 Å². The van der Waals surface area contributed by atoms with Crippen molar-refractivity contribution in [3.63, 3.8) is 0 Å². The molecule has 0 saturated carbocycles. The van der Waals surface area contributed by atoms with Crippen LogP contribution in [0.1, 0.15) is 16.2 Å². The fraction of sp³-hybridized carbons (Fsp3) is 0.111. The maximum absolute atomic E-state index is 12.3. The van der Waals surface area contributed by atoms with Crippen LogP contribution in [0, 0.1) is 0 Å². The molecule has 0 aliphatic heterocycles. The van der Waals surface area contributed by atoms with Crippen molar-refractivity contribution in [2.75, 3.05) is 6.54 Å². The lowest BCUT2D eigenvalue weighted by molar-refractivity contribution is 0.0954. The van der Waals surface area contributed by atoms with Crippen LogP contribution in [0.2, 0.25) is 0 Å². The quantitative estimate of drug-likeness (QED) is 0.586. The van der Waals surface area contributed by atoms with Crippen LogP contribution in [0.4, 0.5) is 0 Å². The molecular weight excluding hydrogens is 316 g/mol. The minimum absolute atomic E-state index is 0.139. The first-order chi connectivity index (χ1) is 12.3. The molecule has 124 valence electrons. The molecule has 4 rings (SSSR count). The van der Waals surface area contributed by atoms with Crippen LogP contribution < -0.4 is 5.32 Å². The zero-order valence-electron chi connectivity index (χ0n) is 13.4. The zero-order valence-corrected chi connectivity index (χ0v) is 13.4. The first-order valence-electron chi connectivity index (χ1n) is 7.96. The van der Waals surface area contributed by atoms with Crippen molar-refractivity contribution in [2.45, 2.75) is 6.42 Å². The molecule has 0 bridgehead atoms. The molecular formula is C18H16N6O. The summed E-state index contributed by atoms with van der Waals surface area (Å²) in [5, 5.41) is 2.91. The second-order valence-corrected chi connectivity index (χ2v) is 5.58. The van der Waals surface area contributed by atoms with E-state index in [0.717, 1.165) is 16.9 Å². The third-order valence-corrected chi connectivity index (χ3v) is 3.86. The monoisotopic (exact) mass is 332 g/mol. The Labute approximate surface area is 143 Å². The van der Waals surface area contributed by atoms with Crippen LogP contribution in [-0.4, -0.2) is 37.0 Å². The molecule has 2 N–H and O–H groups in total. The summed E-state index contributed by atoms with van der Waals surface area (Å²) < 4.78 is 1.76. The number of carbonyl (C=O) groups is 1. The molecule has 0 aliphatic rings. The molecule has 0 atom stereocenters. The highest BCUT2D eigenvalue weighted by Crippen LogP contribution is 2.10. The SMILES string of the molecule is O=C(NCCc1nc2ccccc2[nH]1)c1ccnc(-n2ccnc2)c1. The van der Waals surface area contributed by atoms with Crippen LogP contribution >= 0.6 is 0 Å². The van der Waals surface area contributed by atoms with Crippen molar-refractivity contribution in [3.05, 3.63) is 72.7 Å². The van der Waals surface area contributed by atoms with Crippen molar-refractivity contribution in [1.82, 2.24) is 29.8 Å². The highest BCUT2D eigenvalue weighted by atomic mass is 16.1. The van der Waals surface area contributed by atoms with Crippen molar-refractivity contribution < 1.29 is 4.79 Å². The number of rotatable bonds is 5. The van der Waals surface area contributed by atoms with E-state index >= 15 is 0 Å². The molecule has 7 nitrogen and oxygen atoms in total. The molecule has 3 heterocycles. The van der Waals surface area contributed by atoms with Gasteiger partial charge < -0.3 is 10.3 Å². The van der Waals surface area contributed by atoms with Gasteiger partial charge in [-0.25, -0.2) is 15.0 Å². The van der Waals surface area contributed by atoms with Crippen molar-refractivity contribution in [2.24, 2.45) is 0 Å². The van der Waals surface area contributed by atoms with E-state index in [1.807, 2.05) is 24.3 Å². The lowest BCUT2D eigenvalue weighted by Crippen LogP contribution is -2.26. The second kappa shape index (κ2) is 6.56. The van der Waals surface area contributed by atoms with Gasteiger partial charge >= 0.3 is 0 Å². The largest absolute Gasteiger partial charge is 0.352 e. The van der Waals surface area contributed by atoms with Gasteiger partial charge in [-0.05, 0) is 24.3 Å². The number of nitrogens with zero attached hydrogens (tertiary/aromatic N) is 4. The van der Waals surface area contributed by atoms with E-state index in [-0.39, 0.29) is 5.91 Å².